The highest BCUT2D eigenvalue weighted by molar-refractivity contribution is 7.98. The van der Waals surface area contributed by atoms with E-state index in [0.29, 0.717) is 18.1 Å². The van der Waals surface area contributed by atoms with Gasteiger partial charge in [0.05, 0.1) is 11.6 Å². The predicted octanol–water partition coefficient (Wildman–Crippen LogP) is 3.46. The van der Waals surface area contributed by atoms with E-state index in [9.17, 15) is 9.18 Å². The van der Waals surface area contributed by atoms with Gasteiger partial charge in [0.25, 0.3) is 0 Å². The van der Waals surface area contributed by atoms with Crippen LogP contribution in [0.5, 0.6) is 0 Å². The third-order valence-electron chi connectivity index (χ3n) is 2.45. The van der Waals surface area contributed by atoms with Crippen LogP contribution in [0, 0.1) is 5.82 Å². The summed E-state index contributed by atoms with van der Waals surface area (Å²) >= 11 is 1.48. The minimum absolute atomic E-state index is 0.247. The number of anilines is 1. The Morgan fingerprint density at radius 3 is 2.78 bits per heavy atom. The normalized spacial score (nSPS) is 10.2. The summed E-state index contributed by atoms with van der Waals surface area (Å²) in [6.07, 6.45) is 3.83. The number of hydrogen-bond donors (Lipinski definition) is 1. The van der Waals surface area contributed by atoms with Gasteiger partial charge in [-0.2, -0.15) is 0 Å². The van der Waals surface area contributed by atoms with Crippen LogP contribution in [-0.2, 0) is 0 Å². The summed E-state index contributed by atoms with van der Waals surface area (Å²) in [4.78, 5) is 13.4. The van der Waals surface area contributed by atoms with Crippen molar-refractivity contribution in [3.63, 3.8) is 0 Å². The molecule has 1 rings (SSSR count). The van der Waals surface area contributed by atoms with Crippen LogP contribution in [0.2, 0.25) is 0 Å². The summed E-state index contributed by atoms with van der Waals surface area (Å²) in [5, 5.41) is 2.80. The van der Waals surface area contributed by atoms with Gasteiger partial charge in [0.15, 0.2) is 0 Å². The van der Waals surface area contributed by atoms with Gasteiger partial charge < -0.3 is 5.32 Å². The standard InChI is InChI=1S/C13H19FN2OS/c1-3-4-9-15-13(17)16(10-18-2)12-8-6-5-7-11(12)14/h5-8H,3-4,9-10H2,1-2H3,(H,15,17). The largest absolute Gasteiger partial charge is 0.338 e. The first kappa shape index (κ1) is 14.8. The van der Waals surface area contributed by atoms with Crippen molar-refractivity contribution >= 4 is 23.5 Å². The van der Waals surface area contributed by atoms with Crippen molar-refractivity contribution in [3.8, 4) is 0 Å². The van der Waals surface area contributed by atoms with E-state index in [-0.39, 0.29) is 11.8 Å². The second-order valence-electron chi connectivity index (χ2n) is 3.88. The Morgan fingerprint density at radius 2 is 2.17 bits per heavy atom. The number of benzene rings is 1. The van der Waals surface area contributed by atoms with Crippen molar-refractivity contribution in [2.45, 2.75) is 19.8 Å². The van der Waals surface area contributed by atoms with Crippen LogP contribution in [-0.4, -0.2) is 24.7 Å². The molecule has 1 N–H and O–H groups in total. The van der Waals surface area contributed by atoms with Gasteiger partial charge in [0.1, 0.15) is 5.82 Å². The van der Waals surface area contributed by atoms with Gasteiger partial charge in [0, 0.05) is 6.54 Å². The third-order valence-corrected chi connectivity index (χ3v) is 2.97. The fraction of sp³-hybridized carbons (Fsp3) is 0.462. The van der Waals surface area contributed by atoms with Gasteiger partial charge in [-0.25, -0.2) is 9.18 Å². The van der Waals surface area contributed by atoms with Crippen molar-refractivity contribution in [3.05, 3.63) is 30.1 Å². The average molecular weight is 270 g/mol. The van der Waals surface area contributed by atoms with Crippen molar-refractivity contribution in [2.75, 3.05) is 23.6 Å². The summed E-state index contributed by atoms with van der Waals surface area (Å²) in [6, 6.07) is 6.08. The Labute approximate surface area is 112 Å². The van der Waals surface area contributed by atoms with Gasteiger partial charge in [-0.05, 0) is 24.8 Å². The lowest BCUT2D eigenvalue weighted by molar-refractivity contribution is 0.247. The van der Waals surface area contributed by atoms with Crippen molar-refractivity contribution < 1.29 is 9.18 Å². The van der Waals surface area contributed by atoms with Gasteiger partial charge in [-0.1, -0.05) is 25.5 Å². The molecule has 0 spiro atoms. The quantitative estimate of drug-likeness (QED) is 0.634. The van der Waals surface area contributed by atoms with Crippen LogP contribution in [0.1, 0.15) is 19.8 Å². The second-order valence-corrected chi connectivity index (χ2v) is 4.72. The maximum Gasteiger partial charge on any atom is 0.322 e. The van der Waals surface area contributed by atoms with Crippen LogP contribution in [0.15, 0.2) is 24.3 Å². The molecular formula is C13H19FN2OS. The van der Waals surface area contributed by atoms with Crippen molar-refractivity contribution in [1.82, 2.24) is 5.32 Å². The number of halogens is 1. The summed E-state index contributed by atoms with van der Waals surface area (Å²) < 4.78 is 13.7. The number of urea groups is 1. The number of nitrogens with zero attached hydrogens (tertiary/aromatic N) is 1. The highest BCUT2D eigenvalue weighted by Gasteiger charge is 2.17. The first-order valence-electron chi connectivity index (χ1n) is 5.99. The van der Waals surface area contributed by atoms with Gasteiger partial charge in [-0.3, -0.25) is 4.90 Å². The highest BCUT2D eigenvalue weighted by atomic mass is 32.2. The average Bonchev–Trinajstić information content (AvgIpc) is 2.37. The Balaban J connectivity index is 2.76. The Bertz CT molecular complexity index is 387. The van der Waals surface area contributed by atoms with E-state index in [2.05, 4.69) is 12.2 Å². The number of amides is 2. The fourth-order valence-corrected chi connectivity index (χ4v) is 2.02. The number of carbonyl (C=O) groups is 1. The summed E-state index contributed by atoms with van der Waals surface area (Å²) in [5.74, 6) is 0.0519. The topological polar surface area (TPSA) is 32.3 Å². The number of para-hydroxylation sites is 1. The van der Waals surface area contributed by atoms with Gasteiger partial charge >= 0.3 is 6.03 Å². The minimum Gasteiger partial charge on any atom is -0.338 e. The Kier molecular flexibility index (Phi) is 6.57. The number of unbranched alkanes of at least 4 members (excludes halogenated alkanes) is 1. The molecule has 0 saturated heterocycles. The molecule has 0 aromatic heterocycles. The Hall–Kier alpha value is -1.23. The molecular weight excluding hydrogens is 251 g/mol. The lowest BCUT2D eigenvalue weighted by Gasteiger charge is -2.22. The lowest BCUT2D eigenvalue weighted by Crippen LogP contribution is -2.40. The minimum atomic E-state index is -0.378. The molecule has 0 heterocycles. The Morgan fingerprint density at radius 1 is 1.44 bits per heavy atom. The SMILES string of the molecule is CCCCNC(=O)N(CSC)c1ccccc1F. The zero-order valence-corrected chi connectivity index (χ0v) is 11.6. The number of hydrogen-bond acceptors (Lipinski definition) is 2. The molecule has 1 aromatic carbocycles. The molecule has 3 nitrogen and oxygen atoms in total. The highest BCUT2D eigenvalue weighted by Crippen LogP contribution is 2.20. The lowest BCUT2D eigenvalue weighted by atomic mass is 10.3. The molecule has 0 aliphatic heterocycles. The molecule has 1 aromatic rings. The van der Waals surface area contributed by atoms with E-state index < -0.39 is 0 Å². The molecule has 0 radical (unpaired) electrons. The first-order chi connectivity index (χ1) is 8.70. The molecule has 0 saturated carbocycles. The van der Waals surface area contributed by atoms with Crippen LogP contribution >= 0.6 is 11.8 Å². The number of carbonyl (C=O) groups excluding carboxylic acids is 1. The third kappa shape index (κ3) is 4.22. The number of thioether (sulfide) groups is 1. The molecule has 18 heavy (non-hydrogen) atoms. The molecule has 0 aliphatic carbocycles. The number of rotatable bonds is 6. The van der Waals surface area contributed by atoms with Crippen LogP contribution in [0.25, 0.3) is 0 Å². The first-order valence-corrected chi connectivity index (χ1v) is 7.39. The van der Waals surface area contributed by atoms with Crippen molar-refractivity contribution in [1.29, 1.82) is 0 Å². The maximum absolute atomic E-state index is 13.7. The molecule has 0 unspecified atom stereocenters. The van der Waals surface area contributed by atoms with Gasteiger partial charge in [0.2, 0.25) is 0 Å². The van der Waals surface area contributed by atoms with E-state index >= 15 is 0 Å². The van der Waals surface area contributed by atoms with Crippen molar-refractivity contribution in [2.24, 2.45) is 0 Å². The predicted molar refractivity (Wildman–Crippen MR) is 75.6 cm³/mol. The van der Waals surface area contributed by atoms with Gasteiger partial charge in [-0.15, -0.1) is 11.8 Å². The second kappa shape index (κ2) is 7.97. The summed E-state index contributed by atoms with van der Waals surface area (Å²) in [6.45, 7) is 2.68. The van der Waals surface area contributed by atoms with E-state index in [0.717, 1.165) is 12.8 Å². The van der Waals surface area contributed by atoms with Crippen LogP contribution in [0.3, 0.4) is 0 Å². The molecule has 5 heteroatoms. The van der Waals surface area contributed by atoms with E-state index in [1.54, 1.807) is 18.2 Å². The number of nitrogens with one attached hydrogen (secondary N) is 1. The fourth-order valence-electron chi connectivity index (χ4n) is 1.50. The van der Waals surface area contributed by atoms with E-state index in [1.165, 1.54) is 22.7 Å². The van der Waals surface area contributed by atoms with Crippen LogP contribution in [0.4, 0.5) is 14.9 Å². The molecule has 100 valence electrons. The molecule has 0 aliphatic rings. The monoisotopic (exact) mass is 270 g/mol. The molecule has 2 amide bonds. The molecule has 0 bridgehead atoms. The van der Waals surface area contributed by atoms with Crippen LogP contribution < -0.4 is 10.2 Å². The molecule has 0 atom stereocenters. The summed E-state index contributed by atoms with van der Waals surface area (Å²) in [7, 11) is 0. The maximum atomic E-state index is 13.7. The summed E-state index contributed by atoms with van der Waals surface area (Å²) in [5.41, 5.74) is 0.320. The smallest absolute Gasteiger partial charge is 0.322 e. The zero-order valence-electron chi connectivity index (χ0n) is 10.8. The zero-order chi connectivity index (χ0) is 13.4. The molecule has 0 fully saturated rings. The van der Waals surface area contributed by atoms with E-state index in [1.807, 2.05) is 6.26 Å². The van der Waals surface area contributed by atoms with E-state index in [4.69, 9.17) is 0 Å².